The Morgan fingerprint density at radius 2 is 2.08 bits per heavy atom. The van der Waals surface area contributed by atoms with Crippen molar-refractivity contribution >= 4 is 45.3 Å². The van der Waals surface area contributed by atoms with Gasteiger partial charge < -0.3 is 24.6 Å². The van der Waals surface area contributed by atoms with E-state index in [2.05, 4.69) is 31.0 Å². The molecule has 1 amide bonds. The van der Waals surface area contributed by atoms with Crippen LogP contribution in [0.15, 0.2) is 5.03 Å². The van der Waals surface area contributed by atoms with Crippen molar-refractivity contribution in [2.24, 2.45) is 5.92 Å². The van der Waals surface area contributed by atoms with Crippen LogP contribution in [-0.4, -0.2) is 92.8 Å². The molecule has 4 unspecified atom stereocenters. The molecule has 0 aliphatic carbocycles. The number of amides is 1. The van der Waals surface area contributed by atoms with Crippen molar-refractivity contribution in [3.05, 3.63) is 0 Å². The molecular weight excluding hydrogens is 563 g/mol. The number of aromatic nitrogens is 2. The van der Waals surface area contributed by atoms with E-state index in [1.807, 2.05) is 25.7 Å². The Morgan fingerprint density at radius 3 is 2.89 bits per heavy atom. The molecule has 6 aliphatic rings. The van der Waals surface area contributed by atoms with Crippen LogP contribution in [-0.2, 0) is 4.74 Å². The summed E-state index contributed by atoms with van der Waals surface area (Å²) in [6, 6.07) is 0.400. The Hall–Kier alpha value is -1.53. The third-order valence-electron chi connectivity index (χ3n) is 8.18. The van der Waals surface area contributed by atoms with E-state index in [0.29, 0.717) is 44.6 Å². The van der Waals surface area contributed by atoms with Gasteiger partial charge in [-0.25, -0.2) is 9.18 Å². The van der Waals surface area contributed by atoms with Crippen molar-refractivity contribution in [3.8, 4) is 6.01 Å². The van der Waals surface area contributed by atoms with E-state index < -0.39 is 11.8 Å². The van der Waals surface area contributed by atoms with E-state index in [1.54, 1.807) is 11.8 Å². The smallest absolute Gasteiger partial charge is 0.410 e. The second-order valence-electron chi connectivity index (χ2n) is 12.1. The zero-order chi connectivity index (χ0) is 25.9. The summed E-state index contributed by atoms with van der Waals surface area (Å²) in [5.41, 5.74) is 0.125. The second kappa shape index (κ2) is 9.59. The fourth-order valence-electron chi connectivity index (χ4n) is 6.60. The first-order valence-electron chi connectivity index (χ1n) is 13.3. The van der Waals surface area contributed by atoms with Crippen molar-refractivity contribution in [1.82, 2.24) is 19.8 Å². The monoisotopic (exact) mass is 598 g/mol. The van der Waals surface area contributed by atoms with Gasteiger partial charge >= 0.3 is 12.1 Å². The van der Waals surface area contributed by atoms with Gasteiger partial charge in [-0.2, -0.15) is 9.97 Å². The highest BCUT2D eigenvalue weighted by atomic mass is 79.9. The Morgan fingerprint density at radius 1 is 1.24 bits per heavy atom. The Labute approximate surface area is 230 Å². The minimum Gasteiger partial charge on any atom is -0.461 e. The topological polar surface area (TPSA) is 83.1 Å². The number of fused-ring (bicyclic) bond motifs is 6. The number of rotatable bonds is 4. The number of nitrogens with one attached hydrogen (secondary N) is 1. The highest BCUT2D eigenvalue weighted by Crippen LogP contribution is 2.47. The number of carbonyl (C=O) groups is 1. The van der Waals surface area contributed by atoms with E-state index in [-0.39, 0.29) is 22.0 Å². The average Bonchev–Trinajstić information content (AvgIpc) is 3.36. The maximum absolute atomic E-state index is 14.3. The van der Waals surface area contributed by atoms with Crippen molar-refractivity contribution in [2.45, 2.75) is 85.5 Å². The number of piperidine rings is 1. The Balaban J connectivity index is 1.24. The van der Waals surface area contributed by atoms with E-state index in [1.165, 1.54) is 0 Å². The van der Waals surface area contributed by atoms with Gasteiger partial charge in [-0.15, -0.1) is 0 Å². The summed E-state index contributed by atoms with van der Waals surface area (Å²) in [6.07, 6.45) is 3.52. The first kappa shape index (κ1) is 25.7. The number of halogens is 2. The van der Waals surface area contributed by atoms with E-state index in [4.69, 9.17) is 19.4 Å². The van der Waals surface area contributed by atoms with Crippen molar-refractivity contribution in [1.29, 1.82) is 0 Å². The highest BCUT2D eigenvalue weighted by molar-refractivity contribution is 9.11. The van der Waals surface area contributed by atoms with Crippen LogP contribution in [0.2, 0.25) is 0 Å². The van der Waals surface area contributed by atoms with Gasteiger partial charge in [0.1, 0.15) is 33.4 Å². The maximum Gasteiger partial charge on any atom is 0.410 e. The van der Waals surface area contributed by atoms with Gasteiger partial charge in [-0.3, -0.25) is 4.90 Å². The van der Waals surface area contributed by atoms with Crippen LogP contribution in [0.3, 0.4) is 0 Å². The molecule has 5 atom stereocenters. The average molecular weight is 600 g/mol. The Kier molecular flexibility index (Phi) is 6.67. The lowest BCUT2D eigenvalue weighted by Crippen LogP contribution is -2.49. The summed E-state index contributed by atoms with van der Waals surface area (Å²) in [7, 11) is 0. The second-order valence-corrected chi connectivity index (χ2v) is 14.7. The fraction of sp³-hybridized carbons (Fsp3) is 0.800. The van der Waals surface area contributed by atoms with Crippen LogP contribution < -0.4 is 15.0 Å². The lowest BCUT2D eigenvalue weighted by molar-refractivity contribution is 0.00809. The molecule has 6 aliphatic heterocycles. The van der Waals surface area contributed by atoms with E-state index in [9.17, 15) is 9.18 Å². The molecule has 7 rings (SSSR count). The minimum absolute atomic E-state index is 0.00110. The van der Waals surface area contributed by atoms with Gasteiger partial charge in [0.15, 0.2) is 5.82 Å². The molecule has 7 heterocycles. The summed E-state index contributed by atoms with van der Waals surface area (Å²) < 4.78 is 26.2. The lowest BCUT2D eigenvalue weighted by Gasteiger charge is -2.37. The van der Waals surface area contributed by atoms with Gasteiger partial charge in [0.2, 0.25) is 0 Å². The summed E-state index contributed by atoms with van der Waals surface area (Å²) >= 11 is 5.24. The molecule has 1 aromatic heterocycles. The van der Waals surface area contributed by atoms with Gasteiger partial charge in [0, 0.05) is 32.6 Å². The number of carbonyl (C=O) groups excluding carboxylic acids is 1. The Bertz CT molecular complexity index is 1060. The molecule has 1 aromatic rings. The lowest BCUT2D eigenvalue weighted by atomic mass is 9.95. The first-order valence-corrected chi connectivity index (χ1v) is 15.1. The third-order valence-corrected chi connectivity index (χ3v) is 9.81. The van der Waals surface area contributed by atoms with Crippen LogP contribution in [0.4, 0.5) is 20.7 Å². The number of thioether (sulfide) groups is 1. The third kappa shape index (κ3) is 5.09. The zero-order valence-corrected chi connectivity index (χ0v) is 24.1. The van der Waals surface area contributed by atoms with Gasteiger partial charge in [0.05, 0.1) is 11.6 Å². The van der Waals surface area contributed by atoms with E-state index >= 15 is 0 Å². The quantitative estimate of drug-likeness (QED) is 0.307. The summed E-state index contributed by atoms with van der Waals surface area (Å²) in [4.78, 5) is 29.1. The van der Waals surface area contributed by atoms with Crippen LogP contribution in [0.1, 0.15) is 52.9 Å². The zero-order valence-electron chi connectivity index (χ0n) is 21.7. The summed E-state index contributed by atoms with van der Waals surface area (Å²) in [5, 5.41) is 4.30. The molecule has 1 N–H and O–H groups in total. The number of ether oxygens (including phenoxy) is 2. The number of alkyl halides is 2. The van der Waals surface area contributed by atoms with E-state index in [0.717, 1.165) is 55.3 Å². The molecular formula is C25H36BrFN6O3S. The molecule has 0 saturated carbocycles. The normalized spacial score (nSPS) is 33.2. The molecule has 0 radical (unpaired) electrons. The fourth-order valence-corrected chi connectivity index (χ4v) is 8.13. The standard InChI is InChI=1S/C25H36BrFN6O3S/c1-24(2,3)36-23(34)33-11-15-5-6-17(33)13-31(10-15)19-18-20(37-21(26)28-18)30-22(29-19)35-14-25-7-4-8-32(25)12-16(27)9-25/h15-17,21,28H,4-14H2,1-3H3/t15?,16?,17?,21?,25-/m0/s1. The molecule has 9 nitrogen and oxygen atoms in total. The molecule has 37 heavy (non-hydrogen) atoms. The molecule has 0 spiro atoms. The van der Waals surface area contributed by atoms with Crippen molar-refractivity contribution in [2.75, 3.05) is 49.5 Å². The van der Waals surface area contributed by atoms with Gasteiger partial charge in [-0.1, -0.05) is 27.7 Å². The van der Waals surface area contributed by atoms with Gasteiger partial charge in [0.25, 0.3) is 0 Å². The predicted molar refractivity (Wildman–Crippen MR) is 144 cm³/mol. The first-order chi connectivity index (χ1) is 17.6. The number of anilines is 2. The van der Waals surface area contributed by atoms with Crippen molar-refractivity contribution < 1.29 is 18.7 Å². The maximum atomic E-state index is 14.3. The minimum atomic E-state index is -0.796. The molecule has 5 saturated heterocycles. The summed E-state index contributed by atoms with van der Waals surface area (Å²) in [5.74, 6) is 1.15. The number of hydrogen-bond donors (Lipinski definition) is 1. The van der Waals surface area contributed by atoms with Crippen molar-refractivity contribution in [3.63, 3.8) is 0 Å². The molecule has 5 fully saturated rings. The number of nitrogens with zero attached hydrogens (tertiary/aromatic N) is 5. The van der Waals surface area contributed by atoms with Crippen LogP contribution in [0, 0.1) is 5.92 Å². The molecule has 204 valence electrons. The molecule has 0 aromatic carbocycles. The summed E-state index contributed by atoms with van der Waals surface area (Å²) in [6.45, 7) is 9.72. The van der Waals surface area contributed by atoms with Gasteiger partial charge in [-0.05, 0) is 58.9 Å². The molecule has 2 bridgehead atoms. The molecule has 12 heteroatoms. The predicted octanol–water partition coefficient (Wildman–Crippen LogP) is 4.46. The van der Waals surface area contributed by atoms with Crippen LogP contribution in [0.5, 0.6) is 6.01 Å². The number of hydrogen-bond acceptors (Lipinski definition) is 9. The largest absolute Gasteiger partial charge is 0.461 e. The highest BCUT2D eigenvalue weighted by Gasteiger charge is 2.49. The van der Waals surface area contributed by atoms with Crippen LogP contribution >= 0.6 is 27.7 Å². The van der Waals surface area contributed by atoms with Crippen LogP contribution in [0.25, 0.3) is 0 Å². The SMILES string of the molecule is CC(C)(C)OC(=O)N1CC2CCC1CN(c1nc(OC[C@@]34CCCN3CC(F)C4)nc3c1NC(Br)S3)C2.